The Balaban J connectivity index is 0.000001000. The van der Waals surface area contributed by atoms with Crippen LogP contribution in [0.25, 0.3) is 0 Å². The molecule has 1 radical (unpaired) electrons. The Kier molecular flexibility index (Phi) is 5.13. The molecule has 0 bridgehead atoms. The summed E-state index contributed by atoms with van der Waals surface area (Å²) in [5, 5.41) is 10.3. The van der Waals surface area contributed by atoms with E-state index in [0.29, 0.717) is 5.03 Å². The van der Waals surface area contributed by atoms with Gasteiger partial charge in [0.25, 0.3) is 0 Å². The summed E-state index contributed by atoms with van der Waals surface area (Å²) in [6.45, 7) is 3.71. The van der Waals surface area contributed by atoms with E-state index in [-0.39, 0.29) is 57.3 Å². The maximum Gasteiger partial charge on any atom is 0.0863 e. The van der Waals surface area contributed by atoms with Gasteiger partial charge in [-0.1, -0.05) is 30.7 Å². The summed E-state index contributed by atoms with van der Waals surface area (Å²) in [6, 6.07) is 0. The van der Waals surface area contributed by atoms with Gasteiger partial charge < -0.3 is 5.11 Å². The minimum atomic E-state index is -0.724. The zero-order valence-corrected chi connectivity index (χ0v) is 11.0. The molecule has 11 heavy (non-hydrogen) atoms. The van der Waals surface area contributed by atoms with Gasteiger partial charge >= 0.3 is 0 Å². The summed E-state index contributed by atoms with van der Waals surface area (Å²) in [7, 11) is 0. The van der Waals surface area contributed by atoms with Gasteiger partial charge in [-0.3, -0.25) is 0 Å². The van der Waals surface area contributed by atoms with E-state index < -0.39 is 5.60 Å². The first-order valence-electron chi connectivity index (χ1n) is 3.31. The second-order valence-corrected chi connectivity index (χ2v) is 3.34. The summed E-state index contributed by atoms with van der Waals surface area (Å²) in [6.07, 6.45) is 5.29. The molecular weight excluding hydrogens is 187 g/mol. The van der Waals surface area contributed by atoms with E-state index in [2.05, 4.69) is 0 Å². The number of hydrogen-bond acceptors (Lipinski definition) is 1. The van der Waals surface area contributed by atoms with Crippen LogP contribution < -0.4 is 0 Å². The molecule has 0 aromatic carbocycles. The van der Waals surface area contributed by atoms with Crippen LogP contribution in [0, 0.1) is 5.92 Å². The third-order valence-electron chi connectivity index (χ3n) is 1.91. The van der Waals surface area contributed by atoms with Crippen molar-refractivity contribution in [3.63, 3.8) is 0 Å². The van der Waals surface area contributed by atoms with Gasteiger partial charge in [0.2, 0.25) is 0 Å². The molecule has 3 heteroatoms. The van der Waals surface area contributed by atoms with E-state index in [0.717, 1.165) is 0 Å². The molecule has 57 valence electrons. The second-order valence-electron chi connectivity index (χ2n) is 2.90. The molecule has 2 atom stereocenters. The molecule has 1 aliphatic carbocycles. The van der Waals surface area contributed by atoms with Crippen molar-refractivity contribution in [2.24, 2.45) is 5.92 Å². The fraction of sp³-hybridized carbons (Fsp3) is 0.500. The monoisotopic (exact) mass is 197 g/mol. The Hall–Kier alpha value is 1.37. The molecule has 0 aliphatic heterocycles. The van der Waals surface area contributed by atoms with Crippen LogP contribution in [0.3, 0.4) is 0 Å². The van der Waals surface area contributed by atoms with Gasteiger partial charge in [-0.25, -0.2) is 0 Å². The van der Waals surface area contributed by atoms with Crippen LogP contribution in [-0.2, 0) is 0 Å². The molecule has 1 nitrogen and oxygen atoms in total. The van der Waals surface area contributed by atoms with Crippen molar-refractivity contribution in [3.8, 4) is 0 Å². The molecule has 0 saturated carbocycles. The van der Waals surface area contributed by atoms with Crippen molar-refractivity contribution in [2.45, 2.75) is 19.4 Å². The van der Waals surface area contributed by atoms with Crippen molar-refractivity contribution in [1.29, 1.82) is 0 Å². The molecule has 0 fully saturated rings. The fourth-order valence-electron chi connectivity index (χ4n) is 0.863. The van der Waals surface area contributed by atoms with Crippen molar-refractivity contribution < 1.29 is 5.11 Å². The summed E-state index contributed by atoms with van der Waals surface area (Å²) in [5.41, 5.74) is -0.724. The Labute approximate surface area is 115 Å². The zero-order valence-electron chi connectivity index (χ0n) is 7.13. The number of allylic oxidation sites excluding steroid dienone is 2. The maximum absolute atomic E-state index is 9.57. The van der Waals surface area contributed by atoms with E-state index in [1.165, 1.54) is 0 Å². The third kappa shape index (κ3) is 3.31. The van der Waals surface area contributed by atoms with E-state index in [1.807, 2.05) is 13.0 Å². The third-order valence-corrected chi connectivity index (χ3v) is 2.16. The maximum atomic E-state index is 9.57. The molecule has 0 saturated heterocycles. The first-order valence-corrected chi connectivity index (χ1v) is 3.69. The molecular formula is C8H11ClKO. The Morgan fingerprint density at radius 2 is 2.18 bits per heavy atom. The number of aliphatic hydroxyl groups is 1. The Bertz CT molecular complexity index is 196. The summed E-state index contributed by atoms with van der Waals surface area (Å²) in [5.74, 6) is 0.102. The minimum absolute atomic E-state index is 0. The molecule has 0 heterocycles. The van der Waals surface area contributed by atoms with Gasteiger partial charge in [-0.05, 0) is 13.0 Å². The topological polar surface area (TPSA) is 20.2 Å². The van der Waals surface area contributed by atoms with Gasteiger partial charge in [0, 0.05) is 62.3 Å². The van der Waals surface area contributed by atoms with Crippen LogP contribution in [-0.4, -0.2) is 62.1 Å². The van der Waals surface area contributed by atoms with E-state index in [9.17, 15) is 5.11 Å². The van der Waals surface area contributed by atoms with Crippen LogP contribution in [0.4, 0.5) is 0 Å². The normalized spacial score (nSPS) is 36.0. The van der Waals surface area contributed by atoms with Crippen LogP contribution in [0.5, 0.6) is 0 Å². The van der Waals surface area contributed by atoms with Crippen molar-refractivity contribution in [3.05, 3.63) is 23.3 Å². The van der Waals surface area contributed by atoms with Crippen LogP contribution in [0.15, 0.2) is 23.3 Å². The average Bonchev–Trinajstić information content (AvgIpc) is 1.81. The summed E-state index contributed by atoms with van der Waals surface area (Å²) < 4.78 is 0. The molecule has 2 unspecified atom stereocenters. The standard InChI is InChI=1S/C8H11ClO.K/c1-6-5-7(9)3-4-8(6,2)10;/h3-6,10H,1-2H3;. The van der Waals surface area contributed by atoms with E-state index in [1.54, 1.807) is 19.1 Å². The van der Waals surface area contributed by atoms with Crippen molar-refractivity contribution in [2.75, 3.05) is 0 Å². The molecule has 1 rings (SSSR count). The summed E-state index contributed by atoms with van der Waals surface area (Å²) >= 11 is 5.70. The number of hydrogen-bond donors (Lipinski definition) is 1. The SMILES string of the molecule is CC1C=C(Cl)C=CC1(C)O.[K]. The van der Waals surface area contributed by atoms with Crippen molar-refractivity contribution in [1.82, 2.24) is 0 Å². The van der Waals surface area contributed by atoms with E-state index in [4.69, 9.17) is 11.6 Å². The second kappa shape index (κ2) is 4.56. The first-order chi connectivity index (χ1) is 4.52. The predicted molar refractivity (Wildman–Crippen MR) is 48.6 cm³/mol. The van der Waals surface area contributed by atoms with Gasteiger partial charge in [-0.2, -0.15) is 0 Å². The molecule has 1 aliphatic rings. The van der Waals surface area contributed by atoms with Gasteiger partial charge in [0.1, 0.15) is 0 Å². The van der Waals surface area contributed by atoms with Gasteiger partial charge in [0.15, 0.2) is 0 Å². The fourth-order valence-corrected chi connectivity index (χ4v) is 1.12. The Morgan fingerprint density at radius 1 is 1.64 bits per heavy atom. The molecule has 0 aromatic heterocycles. The number of halogens is 1. The smallest absolute Gasteiger partial charge is 0.0863 e. The van der Waals surface area contributed by atoms with Gasteiger partial charge in [0.05, 0.1) is 5.60 Å². The predicted octanol–water partition coefficient (Wildman–Crippen LogP) is 1.69. The quantitative estimate of drug-likeness (QED) is 0.586. The molecule has 0 spiro atoms. The van der Waals surface area contributed by atoms with Crippen LogP contribution in [0.2, 0.25) is 0 Å². The average molecular weight is 198 g/mol. The summed E-state index contributed by atoms with van der Waals surface area (Å²) in [4.78, 5) is 0. The van der Waals surface area contributed by atoms with Gasteiger partial charge in [-0.15, -0.1) is 0 Å². The van der Waals surface area contributed by atoms with E-state index >= 15 is 0 Å². The zero-order chi connectivity index (χ0) is 7.78. The van der Waals surface area contributed by atoms with Crippen LogP contribution in [0.1, 0.15) is 13.8 Å². The largest absolute Gasteiger partial charge is 0.385 e. The minimum Gasteiger partial charge on any atom is -0.385 e. The Morgan fingerprint density at radius 3 is 2.55 bits per heavy atom. The number of rotatable bonds is 0. The molecule has 0 amide bonds. The molecule has 1 N–H and O–H groups in total. The molecule has 0 aromatic rings. The van der Waals surface area contributed by atoms with Crippen LogP contribution >= 0.6 is 11.6 Å². The first kappa shape index (κ1) is 12.4. The van der Waals surface area contributed by atoms with Crippen molar-refractivity contribution >= 4 is 63.0 Å².